The number of hydrogen-bond donors (Lipinski definition) is 0. The Hall–Kier alpha value is -1.00. The average Bonchev–Trinajstić information content (AvgIpc) is 2.19. The lowest BCUT2D eigenvalue weighted by Gasteiger charge is -1.85. The molecule has 1 aromatic rings. The van der Waals surface area contributed by atoms with Gasteiger partial charge in [0.25, 0.3) is 0 Å². The third kappa shape index (κ3) is 6.19. The first kappa shape index (κ1) is 12.0. The van der Waals surface area contributed by atoms with Gasteiger partial charge in [0.05, 0.1) is 5.56 Å². The van der Waals surface area contributed by atoms with Gasteiger partial charge in [-0.1, -0.05) is 0 Å². The van der Waals surface area contributed by atoms with Crippen LogP contribution in [0.1, 0.15) is 17.3 Å². The highest BCUT2D eigenvalue weighted by molar-refractivity contribution is 6.28. The fourth-order valence-electron chi connectivity index (χ4n) is 0.383. The second-order valence-corrected chi connectivity index (χ2v) is 2.32. The standard InChI is InChI=1S/C5H3ClN2O.C3H8O/c6-5-7-1-4(3-9)2-8-5;1-3-4-2/h1-3H;3H2,1-2H3. The maximum Gasteiger partial charge on any atom is 0.222 e. The lowest BCUT2D eigenvalue weighted by Crippen LogP contribution is -1.84. The van der Waals surface area contributed by atoms with Crippen LogP contribution < -0.4 is 0 Å². The molecule has 5 heteroatoms. The first-order valence-electron chi connectivity index (χ1n) is 3.66. The molecule has 1 heterocycles. The van der Waals surface area contributed by atoms with Crippen molar-refractivity contribution in [3.05, 3.63) is 23.2 Å². The average molecular weight is 203 g/mol. The fraction of sp³-hybridized carbons (Fsp3) is 0.375. The van der Waals surface area contributed by atoms with Crippen molar-refractivity contribution >= 4 is 17.9 Å². The van der Waals surface area contributed by atoms with Crippen LogP contribution >= 0.6 is 11.6 Å². The minimum Gasteiger partial charge on any atom is -0.385 e. The molecule has 0 aliphatic carbocycles. The number of aromatic nitrogens is 2. The van der Waals surface area contributed by atoms with Gasteiger partial charge in [0.2, 0.25) is 5.28 Å². The number of carbonyl (C=O) groups is 1. The molecule has 72 valence electrons. The summed E-state index contributed by atoms with van der Waals surface area (Å²) in [5, 5.41) is 0.153. The predicted octanol–water partition coefficient (Wildman–Crippen LogP) is 1.60. The number of carbonyl (C=O) groups excluding carboxylic acids is 1. The summed E-state index contributed by atoms with van der Waals surface area (Å²) < 4.78 is 4.54. The molecule has 13 heavy (non-hydrogen) atoms. The Morgan fingerprint density at radius 1 is 1.54 bits per heavy atom. The largest absolute Gasteiger partial charge is 0.385 e. The Morgan fingerprint density at radius 3 is 2.31 bits per heavy atom. The lowest BCUT2D eigenvalue weighted by molar-refractivity contribution is 0.112. The molecule has 0 amide bonds. The summed E-state index contributed by atoms with van der Waals surface area (Å²) in [5.41, 5.74) is 0.430. The highest BCUT2D eigenvalue weighted by Gasteiger charge is 1.89. The highest BCUT2D eigenvalue weighted by atomic mass is 35.5. The van der Waals surface area contributed by atoms with Crippen molar-refractivity contribution in [2.75, 3.05) is 13.7 Å². The first-order valence-corrected chi connectivity index (χ1v) is 4.04. The number of hydrogen-bond acceptors (Lipinski definition) is 4. The third-order valence-electron chi connectivity index (χ3n) is 1.07. The predicted molar refractivity (Wildman–Crippen MR) is 50.0 cm³/mol. The Kier molecular flexibility index (Phi) is 7.05. The molecular formula is C8H11ClN2O2. The van der Waals surface area contributed by atoms with Gasteiger partial charge in [-0.2, -0.15) is 0 Å². The molecule has 0 saturated heterocycles. The molecule has 1 rings (SSSR count). The van der Waals surface area contributed by atoms with E-state index in [1.807, 2.05) is 6.92 Å². The molecule has 1 aromatic heterocycles. The van der Waals surface area contributed by atoms with Crippen LogP contribution in [-0.4, -0.2) is 30.0 Å². The van der Waals surface area contributed by atoms with Crippen molar-refractivity contribution < 1.29 is 9.53 Å². The van der Waals surface area contributed by atoms with E-state index in [-0.39, 0.29) is 5.28 Å². The van der Waals surface area contributed by atoms with Gasteiger partial charge < -0.3 is 4.74 Å². The number of nitrogens with zero attached hydrogens (tertiary/aromatic N) is 2. The Balaban J connectivity index is 0.000000310. The maximum atomic E-state index is 9.99. The summed E-state index contributed by atoms with van der Waals surface area (Å²) in [6.07, 6.45) is 3.39. The zero-order valence-corrected chi connectivity index (χ0v) is 8.28. The van der Waals surface area contributed by atoms with Crippen LogP contribution in [0.2, 0.25) is 5.28 Å². The van der Waals surface area contributed by atoms with Gasteiger partial charge in [-0.15, -0.1) is 0 Å². The third-order valence-corrected chi connectivity index (χ3v) is 1.26. The highest BCUT2D eigenvalue weighted by Crippen LogP contribution is 1.96. The van der Waals surface area contributed by atoms with E-state index in [0.29, 0.717) is 11.8 Å². The van der Waals surface area contributed by atoms with Crippen molar-refractivity contribution in [2.45, 2.75) is 6.92 Å². The van der Waals surface area contributed by atoms with E-state index in [1.165, 1.54) is 12.4 Å². The van der Waals surface area contributed by atoms with Gasteiger partial charge in [-0.3, -0.25) is 4.79 Å². The minimum atomic E-state index is 0.153. The molecule has 0 bridgehead atoms. The molecular weight excluding hydrogens is 192 g/mol. The van der Waals surface area contributed by atoms with Gasteiger partial charge >= 0.3 is 0 Å². The van der Waals surface area contributed by atoms with Crippen LogP contribution in [-0.2, 0) is 4.74 Å². The van der Waals surface area contributed by atoms with Crippen LogP contribution in [0.3, 0.4) is 0 Å². The molecule has 0 radical (unpaired) electrons. The van der Waals surface area contributed by atoms with E-state index in [1.54, 1.807) is 7.11 Å². The molecule has 0 unspecified atom stereocenters. The molecule has 0 aliphatic rings. The Labute approximate surface area is 81.9 Å². The Morgan fingerprint density at radius 2 is 2.00 bits per heavy atom. The minimum absolute atomic E-state index is 0.153. The van der Waals surface area contributed by atoms with E-state index in [9.17, 15) is 4.79 Å². The van der Waals surface area contributed by atoms with Crippen LogP contribution in [0, 0.1) is 0 Å². The number of ether oxygens (including phenoxy) is 1. The zero-order valence-electron chi connectivity index (χ0n) is 7.53. The number of aldehydes is 1. The van der Waals surface area contributed by atoms with Crippen molar-refractivity contribution in [3.8, 4) is 0 Å². The molecule has 0 fully saturated rings. The van der Waals surface area contributed by atoms with Gasteiger partial charge in [-0.25, -0.2) is 9.97 Å². The van der Waals surface area contributed by atoms with E-state index in [4.69, 9.17) is 11.6 Å². The second kappa shape index (κ2) is 7.64. The van der Waals surface area contributed by atoms with E-state index < -0.39 is 0 Å². The van der Waals surface area contributed by atoms with Crippen LogP contribution in [0.25, 0.3) is 0 Å². The normalized spacial score (nSPS) is 8.54. The second-order valence-electron chi connectivity index (χ2n) is 1.98. The molecule has 0 aromatic carbocycles. The van der Waals surface area contributed by atoms with Crippen molar-refractivity contribution in [2.24, 2.45) is 0 Å². The summed E-state index contributed by atoms with van der Waals surface area (Å²) >= 11 is 5.33. The van der Waals surface area contributed by atoms with E-state index >= 15 is 0 Å². The van der Waals surface area contributed by atoms with Crippen molar-refractivity contribution in [3.63, 3.8) is 0 Å². The van der Waals surface area contributed by atoms with Gasteiger partial charge in [0.15, 0.2) is 6.29 Å². The maximum absolute atomic E-state index is 9.99. The molecule has 0 aliphatic heterocycles. The number of rotatable bonds is 2. The first-order chi connectivity index (χ1) is 6.24. The van der Waals surface area contributed by atoms with Crippen LogP contribution in [0.15, 0.2) is 12.4 Å². The smallest absolute Gasteiger partial charge is 0.222 e. The van der Waals surface area contributed by atoms with Crippen LogP contribution in [0.4, 0.5) is 0 Å². The molecule has 4 nitrogen and oxygen atoms in total. The quantitative estimate of drug-likeness (QED) is 0.540. The summed E-state index contributed by atoms with van der Waals surface area (Å²) in [6, 6.07) is 0. The number of methoxy groups -OCH3 is 1. The molecule has 0 spiro atoms. The summed E-state index contributed by atoms with van der Waals surface area (Å²) in [7, 11) is 1.68. The zero-order chi connectivity index (χ0) is 10.1. The SMILES string of the molecule is CCOC.O=Cc1cnc(Cl)nc1. The van der Waals surface area contributed by atoms with Gasteiger partial charge in [0, 0.05) is 26.1 Å². The van der Waals surface area contributed by atoms with Crippen LogP contribution in [0.5, 0.6) is 0 Å². The summed E-state index contributed by atoms with van der Waals surface area (Å²) in [6.45, 7) is 2.78. The Bertz CT molecular complexity index is 236. The summed E-state index contributed by atoms with van der Waals surface area (Å²) in [5.74, 6) is 0. The fourth-order valence-corrected chi connectivity index (χ4v) is 0.481. The summed E-state index contributed by atoms with van der Waals surface area (Å²) in [4.78, 5) is 17.1. The van der Waals surface area contributed by atoms with E-state index in [0.717, 1.165) is 6.61 Å². The van der Waals surface area contributed by atoms with Gasteiger partial charge in [-0.05, 0) is 18.5 Å². The lowest BCUT2D eigenvalue weighted by atomic mass is 10.4. The number of halogens is 1. The monoisotopic (exact) mass is 202 g/mol. The van der Waals surface area contributed by atoms with Crippen molar-refractivity contribution in [1.82, 2.24) is 9.97 Å². The van der Waals surface area contributed by atoms with E-state index in [2.05, 4.69) is 14.7 Å². The topological polar surface area (TPSA) is 52.1 Å². The molecule has 0 atom stereocenters. The van der Waals surface area contributed by atoms with Gasteiger partial charge in [0.1, 0.15) is 0 Å². The molecule has 0 saturated carbocycles. The van der Waals surface area contributed by atoms with Crippen molar-refractivity contribution in [1.29, 1.82) is 0 Å². The molecule has 0 N–H and O–H groups in total.